The van der Waals surface area contributed by atoms with Crippen molar-refractivity contribution in [1.82, 2.24) is 24.7 Å². The number of nitrogens with zero attached hydrogens (tertiary/aromatic N) is 4. The minimum absolute atomic E-state index is 0.0243. The zero-order valence-corrected chi connectivity index (χ0v) is 13.6. The second-order valence-corrected chi connectivity index (χ2v) is 6.14. The van der Waals surface area contributed by atoms with Crippen LogP contribution in [0.3, 0.4) is 0 Å². The molecule has 0 bridgehead atoms. The van der Waals surface area contributed by atoms with Crippen LogP contribution >= 0.6 is 0 Å². The standard InChI is InChI=1S/C17H18N6O2/c24-16(12-3-7-23-11-18-9-14(23)8-12)21-13-2-1-6-22(10-13)15-17(25)20-5-4-19-15/h3-5,7-9,11,13H,1-2,6,10H2,(H,20,25)(H,21,24)/t13-/m0/s1. The highest BCUT2D eigenvalue weighted by atomic mass is 16.1. The molecule has 0 aromatic carbocycles. The van der Waals surface area contributed by atoms with E-state index in [1.54, 1.807) is 24.8 Å². The zero-order chi connectivity index (χ0) is 17.2. The molecule has 0 radical (unpaired) electrons. The van der Waals surface area contributed by atoms with Crippen molar-refractivity contribution in [3.05, 3.63) is 59.2 Å². The second-order valence-electron chi connectivity index (χ2n) is 6.14. The number of imidazole rings is 1. The molecule has 8 nitrogen and oxygen atoms in total. The summed E-state index contributed by atoms with van der Waals surface area (Å²) in [5.74, 6) is 0.285. The van der Waals surface area contributed by atoms with Gasteiger partial charge >= 0.3 is 0 Å². The molecule has 25 heavy (non-hydrogen) atoms. The Labute approximate surface area is 143 Å². The van der Waals surface area contributed by atoms with Gasteiger partial charge < -0.3 is 19.6 Å². The van der Waals surface area contributed by atoms with Gasteiger partial charge in [0.1, 0.15) is 0 Å². The van der Waals surface area contributed by atoms with Crippen molar-refractivity contribution in [2.45, 2.75) is 18.9 Å². The normalized spacial score (nSPS) is 17.6. The van der Waals surface area contributed by atoms with Crippen LogP contribution in [0.4, 0.5) is 5.82 Å². The summed E-state index contributed by atoms with van der Waals surface area (Å²) in [4.78, 5) is 37.2. The van der Waals surface area contributed by atoms with E-state index < -0.39 is 0 Å². The minimum Gasteiger partial charge on any atom is -0.350 e. The Bertz CT molecular complexity index is 963. The fourth-order valence-electron chi connectivity index (χ4n) is 3.19. The summed E-state index contributed by atoms with van der Waals surface area (Å²) in [6.07, 6.45) is 10.1. The van der Waals surface area contributed by atoms with Gasteiger partial charge in [-0.3, -0.25) is 9.59 Å². The van der Waals surface area contributed by atoms with Crippen molar-refractivity contribution >= 4 is 17.2 Å². The van der Waals surface area contributed by atoms with E-state index in [1.165, 1.54) is 6.20 Å². The molecule has 4 rings (SSSR count). The maximum atomic E-state index is 12.5. The van der Waals surface area contributed by atoms with Crippen LogP contribution in [0.15, 0.2) is 48.0 Å². The van der Waals surface area contributed by atoms with Crippen LogP contribution in [-0.2, 0) is 0 Å². The SMILES string of the molecule is O=C(N[C@H]1CCCN(c2ncc[nH]c2=O)C1)c1ccn2cncc2c1. The summed E-state index contributed by atoms with van der Waals surface area (Å²) in [5, 5.41) is 3.06. The summed E-state index contributed by atoms with van der Waals surface area (Å²) in [5.41, 5.74) is 1.26. The van der Waals surface area contributed by atoms with Gasteiger partial charge in [-0.2, -0.15) is 0 Å². The van der Waals surface area contributed by atoms with E-state index in [0.717, 1.165) is 24.9 Å². The van der Waals surface area contributed by atoms with E-state index in [1.807, 2.05) is 21.6 Å². The van der Waals surface area contributed by atoms with Gasteiger partial charge in [0.15, 0.2) is 5.82 Å². The van der Waals surface area contributed by atoms with E-state index in [-0.39, 0.29) is 17.5 Å². The fourth-order valence-corrected chi connectivity index (χ4v) is 3.19. The van der Waals surface area contributed by atoms with Gasteiger partial charge in [-0.05, 0) is 25.0 Å². The van der Waals surface area contributed by atoms with Gasteiger partial charge in [-0.25, -0.2) is 9.97 Å². The Hall–Kier alpha value is -3.16. The molecule has 1 saturated heterocycles. The quantitative estimate of drug-likeness (QED) is 0.737. The lowest BCUT2D eigenvalue weighted by atomic mass is 10.1. The zero-order valence-electron chi connectivity index (χ0n) is 13.6. The highest BCUT2D eigenvalue weighted by molar-refractivity contribution is 5.95. The maximum Gasteiger partial charge on any atom is 0.290 e. The number of piperidine rings is 1. The van der Waals surface area contributed by atoms with Gasteiger partial charge in [0.2, 0.25) is 0 Å². The Kier molecular flexibility index (Phi) is 3.93. The maximum absolute atomic E-state index is 12.5. The van der Waals surface area contributed by atoms with E-state index in [2.05, 4.69) is 20.3 Å². The first-order valence-electron chi connectivity index (χ1n) is 8.22. The van der Waals surface area contributed by atoms with Crippen LogP contribution in [0, 0.1) is 0 Å². The number of nitrogens with one attached hydrogen (secondary N) is 2. The van der Waals surface area contributed by atoms with Crippen LogP contribution in [0.1, 0.15) is 23.2 Å². The lowest BCUT2D eigenvalue weighted by Gasteiger charge is -2.33. The van der Waals surface area contributed by atoms with Crippen LogP contribution in [-0.4, -0.2) is 44.4 Å². The number of rotatable bonds is 3. The Morgan fingerprint density at radius 3 is 3.20 bits per heavy atom. The topological polar surface area (TPSA) is 95.4 Å². The average molecular weight is 338 g/mol. The molecule has 1 aliphatic rings. The third kappa shape index (κ3) is 3.10. The summed E-state index contributed by atoms with van der Waals surface area (Å²) in [7, 11) is 0. The average Bonchev–Trinajstić information content (AvgIpc) is 3.10. The molecule has 0 saturated carbocycles. The molecule has 1 amide bonds. The molecule has 8 heteroatoms. The van der Waals surface area contributed by atoms with Crippen LogP contribution in [0.25, 0.3) is 5.52 Å². The van der Waals surface area contributed by atoms with Crippen molar-refractivity contribution in [2.75, 3.05) is 18.0 Å². The number of hydrogen-bond donors (Lipinski definition) is 2. The molecule has 1 atom stereocenters. The molecule has 1 fully saturated rings. The Morgan fingerprint density at radius 2 is 2.32 bits per heavy atom. The van der Waals surface area contributed by atoms with E-state index >= 15 is 0 Å². The first kappa shape index (κ1) is 15.4. The number of carbonyl (C=O) groups excluding carboxylic acids is 1. The third-order valence-corrected chi connectivity index (χ3v) is 4.42. The van der Waals surface area contributed by atoms with Crippen molar-refractivity contribution in [3.8, 4) is 0 Å². The largest absolute Gasteiger partial charge is 0.350 e. The van der Waals surface area contributed by atoms with E-state index in [9.17, 15) is 9.59 Å². The molecule has 2 N–H and O–H groups in total. The van der Waals surface area contributed by atoms with Gasteiger partial charge in [0.25, 0.3) is 11.5 Å². The number of hydrogen-bond acceptors (Lipinski definition) is 5. The lowest BCUT2D eigenvalue weighted by molar-refractivity contribution is 0.0933. The summed E-state index contributed by atoms with van der Waals surface area (Å²) in [6, 6.07) is 3.56. The first-order chi connectivity index (χ1) is 12.2. The van der Waals surface area contributed by atoms with E-state index in [0.29, 0.717) is 17.9 Å². The van der Waals surface area contributed by atoms with Gasteiger partial charge in [-0.1, -0.05) is 0 Å². The molecule has 0 unspecified atom stereocenters. The van der Waals surface area contributed by atoms with E-state index in [4.69, 9.17) is 0 Å². The highest BCUT2D eigenvalue weighted by Crippen LogP contribution is 2.15. The lowest BCUT2D eigenvalue weighted by Crippen LogP contribution is -2.49. The fraction of sp³-hybridized carbons (Fsp3) is 0.294. The number of H-pyrrole nitrogens is 1. The minimum atomic E-state index is -0.208. The number of fused-ring (bicyclic) bond motifs is 1. The Balaban J connectivity index is 1.47. The second kappa shape index (κ2) is 6.39. The summed E-state index contributed by atoms with van der Waals surface area (Å²) >= 11 is 0. The first-order valence-corrected chi connectivity index (χ1v) is 8.22. The highest BCUT2D eigenvalue weighted by Gasteiger charge is 2.24. The van der Waals surface area contributed by atoms with Gasteiger partial charge in [0.05, 0.1) is 18.0 Å². The number of aromatic amines is 1. The molecule has 128 valence electrons. The molecule has 3 aromatic rings. The summed E-state index contributed by atoms with van der Waals surface area (Å²) in [6.45, 7) is 1.33. The van der Waals surface area contributed by atoms with Crippen LogP contribution in [0.2, 0.25) is 0 Å². The molecular weight excluding hydrogens is 320 g/mol. The number of aromatic nitrogens is 4. The molecule has 0 aliphatic carbocycles. The molecule has 3 aromatic heterocycles. The summed E-state index contributed by atoms with van der Waals surface area (Å²) < 4.78 is 1.85. The van der Waals surface area contributed by atoms with Crippen LogP contribution < -0.4 is 15.8 Å². The molecular formula is C17H18N6O2. The van der Waals surface area contributed by atoms with Crippen molar-refractivity contribution < 1.29 is 4.79 Å². The predicted molar refractivity (Wildman–Crippen MR) is 92.8 cm³/mol. The molecule has 1 aliphatic heterocycles. The molecule has 0 spiro atoms. The molecule has 4 heterocycles. The predicted octanol–water partition coefficient (Wildman–Crippen LogP) is 0.816. The smallest absolute Gasteiger partial charge is 0.290 e. The number of carbonyl (C=O) groups is 1. The van der Waals surface area contributed by atoms with Crippen molar-refractivity contribution in [3.63, 3.8) is 0 Å². The number of amides is 1. The van der Waals surface area contributed by atoms with Crippen LogP contribution in [0.5, 0.6) is 0 Å². The number of anilines is 1. The third-order valence-electron chi connectivity index (χ3n) is 4.42. The van der Waals surface area contributed by atoms with Gasteiger partial charge in [-0.15, -0.1) is 0 Å². The van der Waals surface area contributed by atoms with Gasteiger partial charge in [0, 0.05) is 43.3 Å². The van der Waals surface area contributed by atoms with Crippen molar-refractivity contribution in [1.29, 1.82) is 0 Å². The monoisotopic (exact) mass is 338 g/mol. The number of pyridine rings is 1. The van der Waals surface area contributed by atoms with Crippen molar-refractivity contribution in [2.24, 2.45) is 0 Å². The Morgan fingerprint density at radius 1 is 1.40 bits per heavy atom.